The SMILES string of the molecule is Cc1cc(C)cc(OCCSCCC(NC(=O)OCC2c3ccccc3-c3ccccc32)C(=O)O)c1. The van der Waals surface area contributed by atoms with Gasteiger partial charge < -0.3 is 19.9 Å². The minimum atomic E-state index is -1.07. The van der Waals surface area contributed by atoms with Crippen LogP contribution in [-0.4, -0.2) is 47.9 Å². The molecular formula is C29H31NO5S. The van der Waals surface area contributed by atoms with Crippen molar-refractivity contribution in [2.75, 3.05) is 24.7 Å². The lowest BCUT2D eigenvalue weighted by Crippen LogP contribution is -2.41. The summed E-state index contributed by atoms with van der Waals surface area (Å²) in [5, 5.41) is 12.1. The van der Waals surface area contributed by atoms with Crippen LogP contribution in [0.5, 0.6) is 5.75 Å². The quantitative estimate of drug-likeness (QED) is 0.321. The molecule has 1 aliphatic carbocycles. The number of carbonyl (C=O) groups excluding carboxylic acids is 1. The van der Waals surface area contributed by atoms with Gasteiger partial charge in [-0.05, 0) is 71.5 Å². The lowest BCUT2D eigenvalue weighted by molar-refractivity contribution is -0.139. The Kier molecular flexibility index (Phi) is 8.54. The van der Waals surface area contributed by atoms with E-state index in [2.05, 4.69) is 23.5 Å². The van der Waals surface area contributed by atoms with Crippen LogP contribution in [0.1, 0.15) is 34.6 Å². The third-order valence-corrected chi connectivity index (χ3v) is 7.16. The maximum absolute atomic E-state index is 12.5. The van der Waals surface area contributed by atoms with Crippen LogP contribution in [0.15, 0.2) is 66.7 Å². The van der Waals surface area contributed by atoms with Gasteiger partial charge >= 0.3 is 12.1 Å². The highest BCUT2D eigenvalue weighted by Crippen LogP contribution is 2.44. The molecule has 0 spiro atoms. The number of nitrogens with one attached hydrogen (secondary N) is 1. The van der Waals surface area contributed by atoms with Crippen molar-refractivity contribution >= 4 is 23.8 Å². The summed E-state index contributed by atoms with van der Waals surface area (Å²) < 4.78 is 11.3. The number of thioether (sulfide) groups is 1. The summed E-state index contributed by atoms with van der Waals surface area (Å²) in [5.41, 5.74) is 6.82. The van der Waals surface area contributed by atoms with E-state index in [1.54, 1.807) is 11.8 Å². The normalized spacial score (nSPS) is 12.9. The number of rotatable bonds is 11. The van der Waals surface area contributed by atoms with Crippen LogP contribution in [0.3, 0.4) is 0 Å². The number of carboxylic acid groups (broad SMARTS) is 1. The maximum Gasteiger partial charge on any atom is 0.407 e. The van der Waals surface area contributed by atoms with E-state index < -0.39 is 18.1 Å². The molecule has 3 aromatic carbocycles. The van der Waals surface area contributed by atoms with Crippen molar-refractivity contribution in [2.24, 2.45) is 0 Å². The minimum Gasteiger partial charge on any atom is -0.493 e. The largest absolute Gasteiger partial charge is 0.493 e. The molecule has 7 heteroatoms. The molecule has 0 aromatic heterocycles. The fourth-order valence-corrected chi connectivity index (χ4v) is 5.39. The van der Waals surface area contributed by atoms with E-state index in [1.165, 1.54) is 0 Å². The van der Waals surface area contributed by atoms with Gasteiger partial charge in [0.1, 0.15) is 18.4 Å². The second-order valence-electron chi connectivity index (χ2n) is 8.93. The van der Waals surface area contributed by atoms with Crippen molar-refractivity contribution in [2.45, 2.75) is 32.2 Å². The Balaban J connectivity index is 1.21. The van der Waals surface area contributed by atoms with Crippen LogP contribution in [0.2, 0.25) is 0 Å². The Labute approximate surface area is 216 Å². The highest BCUT2D eigenvalue weighted by Gasteiger charge is 2.29. The van der Waals surface area contributed by atoms with Gasteiger partial charge in [0.15, 0.2) is 0 Å². The fraction of sp³-hybridized carbons (Fsp3) is 0.310. The molecule has 1 aliphatic rings. The van der Waals surface area contributed by atoms with Crippen molar-refractivity contribution in [3.8, 4) is 16.9 Å². The first-order valence-electron chi connectivity index (χ1n) is 12.1. The van der Waals surface area contributed by atoms with Crippen molar-refractivity contribution in [1.29, 1.82) is 0 Å². The second-order valence-corrected chi connectivity index (χ2v) is 10.2. The van der Waals surface area contributed by atoms with Gasteiger partial charge in [0.2, 0.25) is 0 Å². The molecule has 36 heavy (non-hydrogen) atoms. The summed E-state index contributed by atoms with van der Waals surface area (Å²) in [5.74, 6) is 1.00. The second kappa shape index (κ2) is 12.0. The van der Waals surface area contributed by atoms with Crippen LogP contribution in [0.4, 0.5) is 4.79 Å². The number of benzene rings is 3. The van der Waals surface area contributed by atoms with Gasteiger partial charge in [-0.15, -0.1) is 0 Å². The number of aryl methyl sites for hydroxylation is 2. The zero-order valence-corrected chi connectivity index (χ0v) is 21.3. The van der Waals surface area contributed by atoms with Crippen molar-refractivity contribution < 1.29 is 24.2 Å². The molecule has 6 nitrogen and oxygen atoms in total. The van der Waals surface area contributed by atoms with Crippen LogP contribution in [-0.2, 0) is 9.53 Å². The Morgan fingerprint density at radius 3 is 2.17 bits per heavy atom. The molecule has 1 unspecified atom stereocenters. The molecule has 3 aromatic rings. The Morgan fingerprint density at radius 1 is 0.944 bits per heavy atom. The number of alkyl carbamates (subject to hydrolysis) is 1. The standard InChI is InChI=1S/C29H31NO5S/c1-19-15-20(2)17-21(16-19)34-12-14-36-13-11-27(28(31)32)30-29(33)35-18-26-24-9-5-3-7-22(24)23-8-4-6-10-25(23)26/h3-10,15-17,26-27H,11-14,18H2,1-2H3,(H,30,33)(H,31,32). The number of carbonyl (C=O) groups is 2. The van der Waals surface area contributed by atoms with Crippen LogP contribution < -0.4 is 10.1 Å². The number of ether oxygens (including phenoxy) is 2. The van der Waals surface area contributed by atoms with E-state index >= 15 is 0 Å². The number of fused-ring (bicyclic) bond motifs is 3. The average Bonchev–Trinajstić information content (AvgIpc) is 3.17. The van der Waals surface area contributed by atoms with Gasteiger partial charge in [-0.3, -0.25) is 0 Å². The van der Waals surface area contributed by atoms with Gasteiger partial charge in [0.25, 0.3) is 0 Å². The molecule has 0 fully saturated rings. The number of hydrogen-bond acceptors (Lipinski definition) is 5. The molecule has 4 rings (SSSR count). The van der Waals surface area contributed by atoms with Gasteiger partial charge in [0, 0.05) is 11.7 Å². The van der Waals surface area contributed by atoms with Gasteiger partial charge in [-0.2, -0.15) is 11.8 Å². The van der Waals surface area contributed by atoms with Gasteiger partial charge in [-0.25, -0.2) is 9.59 Å². The molecule has 0 aliphatic heterocycles. The topological polar surface area (TPSA) is 84.9 Å². The molecular weight excluding hydrogens is 474 g/mol. The first-order valence-corrected chi connectivity index (χ1v) is 13.2. The smallest absolute Gasteiger partial charge is 0.407 e. The highest BCUT2D eigenvalue weighted by molar-refractivity contribution is 7.99. The predicted octanol–water partition coefficient (Wildman–Crippen LogP) is 5.80. The van der Waals surface area contributed by atoms with E-state index in [4.69, 9.17) is 9.47 Å². The third-order valence-electron chi connectivity index (χ3n) is 6.18. The zero-order valence-electron chi connectivity index (χ0n) is 20.5. The highest BCUT2D eigenvalue weighted by atomic mass is 32.2. The molecule has 0 saturated carbocycles. The van der Waals surface area contributed by atoms with Crippen LogP contribution >= 0.6 is 11.8 Å². The number of amides is 1. The lowest BCUT2D eigenvalue weighted by Gasteiger charge is -2.17. The first-order chi connectivity index (χ1) is 17.4. The zero-order chi connectivity index (χ0) is 25.5. The summed E-state index contributed by atoms with van der Waals surface area (Å²) >= 11 is 1.59. The van der Waals surface area contributed by atoms with E-state index in [0.29, 0.717) is 18.8 Å². The van der Waals surface area contributed by atoms with Gasteiger partial charge in [0.05, 0.1) is 6.61 Å². The van der Waals surface area contributed by atoms with Crippen molar-refractivity contribution in [3.63, 3.8) is 0 Å². The summed E-state index contributed by atoms with van der Waals surface area (Å²) in [6, 6.07) is 21.3. The lowest BCUT2D eigenvalue weighted by atomic mass is 9.98. The number of carboxylic acids is 1. The Bertz CT molecular complexity index is 1160. The summed E-state index contributed by atoms with van der Waals surface area (Å²) in [6.45, 7) is 4.75. The predicted molar refractivity (Wildman–Crippen MR) is 143 cm³/mol. The summed E-state index contributed by atoms with van der Waals surface area (Å²) in [7, 11) is 0. The van der Waals surface area contributed by atoms with E-state index in [0.717, 1.165) is 44.9 Å². The molecule has 1 amide bonds. The van der Waals surface area contributed by atoms with Crippen molar-refractivity contribution in [3.05, 3.63) is 89.0 Å². The maximum atomic E-state index is 12.5. The van der Waals surface area contributed by atoms with Crippen LogP contribution in [0.25, 0.3) is 11.1 Å². The fourth-order valence-electron chi connectivity index (χ4n) is 4.58. The molecule has 0 bridgehead atoms. The average molecular weight is 506 g/mol. The number of hydrogen-bond donors (Lipinski definition) is 2. The minimum absolute atomic E-state index is 0.0702. The monoisotopic (exact) mass is 505 g/mol. The molecule has 188 valence electrons. The van der Waals surface area contributed by atoms with Crippen LogP contribution in [0, 0.1) is 13.8 Å². The van der Waals surface area contributed by atoms with E-state index in [1.807, 2.05) is 62.4 Å². The molecule has 0 heterocycles. The molecule has 0 saturated heterocycles. The Hall–Kier alpha value is -3.45. The Morgan fingerprint density at radius 2 is 1.56 bits per heavy atom. The van der Waals surface area contributed by atoms with E-state index in [9.17, 15) is 14.7 Å². The van der Waals surface area contributed by atoms with Crippen molar-refractivity contribution in [1.82, 2.24) is 5.32 Å². The first kappa shape index (κ1) is 25.6. The molecule has 0 radical (unpaired) electrons. The molecule has 2 N–H and O–H groups in total. The van der Waals surface area contributed by atoms with E-state index in [-0.39, 0.29) is 12.5 Å². The summed E-state index contributed by atoms with van der Waals surface area (Å²) in [4.78, 5) is 24.1. The molecule has 1 atom stereocenters. The number of aliphatic carboxylic acids is 1. The van der Waals surface area contributed by atoms with Gasteiger partial charge in [-0.1, -0.05) is 54.6 Å². The third kappa shape index (κ3) is 6.40. The summed E-state index contributed by atoms with van der Waals surface area (Å²) in [6.07, 6.45) is -0.416.